The van der Waals surface area contributed by atoms with Crippen molar-refractivity contribution < 1.29 is 4.79 Å². The topological polar surface area (TPSA) is 20.3 Å². The highest BCUT2D eigenvalue weighted by Crippen LogP contribution is 2.32. The van der Waals surface area contributed by atoms with Gasteiger partial charge in [-0.25, -0.2) is 0 Å². The summed E-state index contributed by atoms with van der Waals surface area (Å²) < 4.78 is 0. The molecule has 0 bridgehead atoms. The first-order valence-electron chi connectivity index (χ1n) is 7.03. The number of hydrogen-bond donors (Lipinski definition) is 0. The monoisotopic (exact) mass is 239 g/mol. The van der Waals surface area contributed by atoms with Crippen LogP contribution in [0.2, 0.25) is 0 Å². The molecule has 0 unspecified atom stereocenters. The Morgan fingerprint density at radius 2 is 1.76 bits per heavy atom. The zero-order valence-corrected chi connectivity index (χ0v) is 12.4. The number of amides is 1. The third kappa shape index (κ3) is 4.69. The van der Waals surface area contributed by atoms with E-state index in [1.54, 1.807) is 0 Å². The van der Waals surface area contributed by atoms with E-state index in [4.69, 9.17) is 0 Å². The van der Waals surface area contributed by atoms with Crippen LogP contribution in [-0.2, 0) is 4.79 Å². The van der Waals surface area contributed by atoms with Crippen molar-refractivity contribution in [3.8, 4) is 0 Å². The fraction of sp³-hybridized carbons (Fsp3) is 0.933. The molecule has 0 heterocycles. The van der Waals surface area contributed by atoms with Crippen molar-refractivity contribution in [2.75, 3.05) is 6.54 Å². The van der Waals surface area contributed by atoms with Crippen molar-refractivity contribution in [3.63, 3.8) is 0 Å². The van der Waals surface area contributed by atoms with Crippen LogP contribution in [0.1, 0.15) is 60.8 Å². The van der Waals surface area contributed by atoms with Crippen molar-refractivity contribution in [3.05, 3.63) is 0 Å². The Balaban J connectivity index is 2.67. The highest BCUT2D eigenvalue weighted by Gasteiger charge is 2.34. The summed E-state index contributed by atoms with van der Waals surface area (Å²) in [5, 5.41) is 0. The maximum Gasteiger partial charge on any atom is 0.228 e. The summed E-state index contributed by atoms with van der Waals surface area (Å²) in [6.45, 7) is 13.7. The van der Waals surface area contributed by atoms with Crippen LogP contribution in [0.4, 0.5) is 0 Å². The molecule has 1 aliphatic carbocycles. The Morgan fingerprint density at radius 3 is 2.12 bits per heavy atom. The van der Waals surface area contributed by atoms with Crippen LogP contribution in [0.15, 0.2) is 0 Å². The van der Waals surface area contributed by atoms with Crippen LogP contribution in [0.3, 0.4) is 0 Å². The van der Waals surface area contributed by atoms with E-state index in [-0.39, 0.29) is 5.41 Å². The molecule has 1 saturated carbocycles. The Bertz CT molecular complexity index is 261. The summed E-state index contributed by atoms with van der Waals surface area (Å²) in [6, 6.07) is 0.377. The second-order valence-corrected chi connectivity index (χ2v) is 7.13. The molecule has 0 N–H and O–H groups in total. The van der Waals surface area contributed by atoms with E-state index in [0.29, 0.717) is 17.9 Å². The van der Waals surface area contributed by atoms with Gasteiger partial charge in [0.1, 0.15) is 0 Å². The van der Waals surface area contributed by atoms with Gasteiger partial charge in [0.2, 0.25) is 5.91 Å². The van der Waals surface area contributed by atoms with E-state index in [2.05, 4.69) is 25.7 Å². The van der Waals surface area contributed by atoms with Gasteiger partial charge in [0, 0.05) is 18.0 Å². The van der Waals surface area contributed by atoms with Gasteiger partial charge in [0.25, 0.3) is 0 Å². The van der Waals surface area contributed by atoms with Crippen molar-refractivity contribution in [1.29, 1.82) is 0 Å². The average molecular weight is 239 g/mol. The third-order valence-corrected chi connectivity index (χ3v) is 3.40. The van der Waals surface area contributed by atoms with Gasteiger partial charge < -0.3 is 4.90 Å². The molecule has 0 aromatic carbocycles. The molecular weight excluding hydrogens is 210 g/mol. The smallest absolute Gasteiger partial charge is 0.228 e. The number of rotatable bonds is 5. The average Bonchev–Trinajstić information content (AvgIpc) is 2.93. The van der Waals surface area contributed by atoms with E-state index < -0.39 is 0 Å². The van der Waals surface area contributed by atoms with Gasteiger partial charge in [-0.15, -0.1) is 0 Å². The number of carbonyl (C=O) groups is 1. The Kier molecular flexibility index (Phi) is 4.62. The van der Waals surface area contributed by atoms with Crippen LogP contribution in [0.25, 0.3) is 0 Å². The number of nitrogens with zero attached hydrogens (tertiary/aromatic N) is 1. The molecule has 2 nitrogen and oxygen atoms in total. The van der Waals surface area contributed by atoms with Crippen LogP contribution in [0, 0.1) is 17.3 Å². The molecule has 17 heavy (non-hydrogen) atoms. The highest BCUT2D eigenvalue weighted by atomic mass is 16.2. The molecule has 1 aliphatic rings. The number of carbonyl (C=O) groups excluding carboxylic acids is 1. The maximum absolute atomic E-state index is 12.5. The normalized spacial score (nSPS) is 18.3. The van der Waals surface area contributed by atoms with Crippen LogP contribution >= 0.6 is 0 Å². The molecule has 0 radical (unpaired) electrons. The Labute approximate surface area is 107 Å². The predicted octanol–water partition coefficient (Wildman–Crippen LogP) is 3.71. The van der Waals surface area contributed by atoms with Crippen molar-refractivity contribution in [2.45, 2.75) is 66.8 Å². The molecule has 1 fully saturated rings. The van der Waals surface area contributed by atoms with E-state index in [9.17, 15) is 4.79 Å². The second kappa shape index (κ2) is 5.41. The van der Waals surface area contributed by atoms with Gasteiger partial charge in [-0.2, -0.15) is 0 Å². The summed E-state index contributed by atoms with van der Waals surface area (Å²) in [7, 11) is 0. The van der Waals surface area contributed by atoms with Gasteiger partial charge in [0.15, 0.2) is 0 Å². The lowest BCUT2D eigenvalue weighted by molar-refractivity contribution is -0.142. The van der Waals surface area contributed by atoms with Crippen molar-refractivity contribution in [2.24, 2.45) is 17.3 Å². The summed E-state index contributed by atoms with van der Waals surface area (Å²) >= 11 is 0. The van der Waals surface area contributed by atoms with Gasteiger partial charge in [-0.3, -0.25) is 4.79 Å². The first-order chi connectivity index (χ1) is 7.71. The lowest BCUT2D eigenvalue weighted by Crippen LogP contribution is -2.46. The van der Waals surface area contributed by atoms with E-state index in [1.807, 2.05) is 20.8 Å². The minimum absolute atomic E-state index is 0.250. The van der Waals surface area contributed by atoms with Crippen LogP contribution in [-0.4, -0.2) is 23.4 Å². The quantitative estimate of drug-likeness (QED) is 0.716. The molecule has 1 atom stereocenters. The number of hydrogen-bond acceptors (Lipinski definition) is 1. The van der Waals surface area contributed by atoms with Crippen LogP contribution in [0.5, 0.6) is 0 Å². The second-order valence-electron chi connectivity index (χ2n) is 7.13. The molecule has 0 aromatic rings. The van der Waals surface area contributed by atoms with E-state index in [1.165, 1.54) is 12.8 Å². The summed E-state index contributed by atoms with van der Waals surface area (Å²) in [4.78, 5) is 14.6. The van der Waals surface area contributed by atoms with Crippen LogP contribution < -0.4 is 0 Å². The first-order valence-corrected chi connectivity index (χ1v) is 7.03. The molecule has 0 aliphatic heterocycles. The van der Waals surface area contributed by atoms with Crippen molar-refractivity contribution >= 4 is 5.91 Å². The molecule has 0 aromatic heterocycles. The summed E-state index contributed by atoms with van der Waals surface area (Å²) in [6.07, 6.45) is 3.72. The van der Waals surface area contributed by atoms with E-state index in [0.717, 1.165) is 18.9 Å². The minimum Gasteiger partial charge on any atom is -0.339 e. The Hall–Kier alpha value is -0.530. The van der Waals surface area contributed by atoms with Gasteiger partial charge in [0.05, 0.1) is 0 Å². The SMILES string of the molecule is CC(C)C[C@@H](C)N(CC1CC1)C(=O)C(C)(C)C. The predicted molar refractivity (Wildman–Crippen MR) is 72.8 cm³/mol. The summed E-state index contributed by atoms with van der Waals surface area (Å²) in [5.74, 6) is 1.74. The standard InChI is InChI=1S/C15H29NO/c1-11(2)9-12(3)16(10-13-7-8-13)14(17)15(4,5)6/h11-13H,7-10H2,1-6H3/t12-/m1/s1. The lowest BCUT2D eigenvalue weighted by Gasteiger charge is -2.35. The van der Waals surface area contributed by atoms with Gasteiger partial charge in [-0.1, -0.05) is 34.6 Å². The van der Waals surface area contributed by atoms with Crippen molar-refractivity contribution in [1.82, 2.24) is 4.90 Å². The molecule has 2 heteroatoms. The fourth-order valence-corrected chi connectivity index (χ4v) is 2.28. The highest BCUT2D eigenvalue weighted by molar-refractivity contribution is 5.81. The largest absolute Gasteiger partial charge is 0.339 e. The molecule has 100 valence electrons. The first kappa shape index (κ1) is 14.5. The molecule has 0 spiro atoms. The maximum atomic E-state index is 12.5. The van der Waals surface area contributed by atoms with E-state index >= 15 is 0 Å². The molecular formula is C15H29NO. The third-order valence-electron chi connectivity index (χ3n) is 3.40. The van der Waals surface area contributed by atoms with Gasteiger partial charge >= 0.3 is 0 Å². The molecule has 1 amide bonds. The summed E-state index contributed by atoms with van der Waals surface area (Å²) in [5.41, 5.74) is -0.250. The zero-order chi connectivity index (χ0) is 13.2. The molecule has 0 saturated heterocycles. The fourth-order valence-electron chi connectivity index (χ4n) is 2.28. The Morgan fingerprint density at radius 1 is 1.24 bits per heavy atom. The minimum atomic E-state index is -0.250. The lowest BCUT2D eigenvalue weighted by atomic mass is 9.92. The zero-order valence-electron chi connectivity index (χ0n) is 12.4. The van der Waals surface area contributed by atoms with Gasteiger partial charge in [-0.05, 0) is 38.0 Å². The molecule has 1 rings (SSSR count).